The van der Waals surface area contributed by atoms with Crippen LogP contribution in [0.2, 0.25) is 0 Å². The Balaban J connectivity index is 1.56. The average Bonchev–Trinajstić information content (AvgIpc) is 2.44. The molecule has 128 valence electrons. The summed E-state index contributed by atoms with van der Waals surface area (Å²) in [7, 11) is 2.11. The molecule has 3 atom stereocenters. The molecule has 2 fully saturated rings. The molecule has 2 aliphatic heterocycles. The number of amides is 1. The minimum absolute atomic E-state index is 0.135. The van der Waals surface area contributed by atoms with Crippen LogP contribution in [-0.2, 0) is 14.3 Å². The Morgan fingerprint density at radius 1 is 1.23 bits per heavy atom. The van der Waals surface area contributed by atoms with Gasteiger partial charge < -0.3 is 19.7 Å². The third kappa shape index (κ3) is 6.20. The number of likely N-dealkylation sites (N-methyl/N-ethyl adjacent to an activating group) is 1. The molecule has 1 amide bonds. The highest BCUT2D eigenvalue weighted by Crippen LogP contribution is 2.10. The summed E-state index contributed by atoms with van der Waals surface area (Å²) in [4.78, 5) is 16.5. The van der Waals surface area contributed by atoms with Crippen LogP contribution < -0.4 is 5.32 Å². The fourth-order valence-electron chi connectivity index (χ4n) is 3.23. The molecule has 6 heteroatoms. The molecule has 0 spiro atoms. The molecule has 0 aromatic rings. The van der Waals surface area contributed by atoms with E-state index >= 15 is 0 Å². The van der Waals surface area contributed by atoms with E-state index in [2.05, 4.69) is 36.0 Å². The van der Waals surface area contributed by atoms with E-state index in [1.807, 2.05) is 0 Å². The summed E-state index contributed by atoms with van der Waals surface area (Å²) in [5.74, 6) is 0.135. The second kappa shape index (κ2) is 8.82. The van der Waals surface area contributed by atoms with Gasteiger partial charge in [-0.1, -0.05) is 0 Å². The Bertz CT molecular complexity index is 344. The van der Waals surface area contributed by atoms with Gasteiger partial charge in [0, 0.05) is 45.7 Å². The number of carbonyl (C=O) groups excluding carboxylic acids is 1. The van der Waals surface area contributed by atoms with Gasteiger partial charge in [-0.15, -0.1) is 0 Å². The second-order valence-electron chi connectivity index (χ2n) is 6.66. The third-order valence-corrected chi connectivity index (χ3v) is 4.28. The summed E-state index contributed by atoms with van der Waals surface area (Å²) in [5, 5.41) is 3.01. The van der Waals surface area contributed by atoms with Gasteiger partial charge in [-0.25, -0.2) is 0 Å². The van der Waals surface area contributed by atoms with Gasteiger partial charge in [0.2, 0.25) is 5.91 Å². The van der Waals surface area contributed by atoms with Crippen molar-refractivity contribution in [1.29, 1.82) is 0 Å². The molecule has 0 aromatic heterocycles. The van der Waals surface area contributed by atoms with Gasteiger partial charge in [0.05, 0.1) is 24.9 Å². The van der Waals surface area contributed by atoms with Gasteiger partial charge in [-0.3, -0.25) is 9.69 Å². The Morgan fingerprint density at radius 2 is 1.95 bits per heavy atom. The number of nitrogens with zero attached hydrogens (tertiary/aromatic N) is 2. The van der Waals surface area contributed by atoms with Gasteiger partial charge in [-0.05, 0) is 27.3 Å². The Kier molecular flexibility index (Phi) is 7.08. The molecule has 1 unspecified atom stereocenters. The molecule has 2 rings (SSSR count). The van der Waals surface area contributed by atoms with Crippen LogP contribution in [0, 0.1) is 0 Å². The van der Waals surface area contributed by atoms with Crippen molar-refractivity contribution < 1.29 is 14.3 Å². The second-order valence-corrected chi connectivity index (χ2v) is 6.66. The number of ether oxygens (including phenoxy) is 2. The van der Waals surface area contributed by atoms with Crippen LogP contribution in [0.25, 0.3) is 0 Å². The lowest BCUT2D eigenvalue weighted by Crippen LogP contribution is -2.46. The van der Waals surface area contributed by atoms with E-state index in [1.165, 1.54) is 0 Å². The van der Waals surface area contributed by atoms with Crippen LogP contribution in [0.1, 0.15) is 26.7 Å². The molecule has 0 bridgehead atoms. The van der Waals surface area contributed by atoms with Crippen LogP contribution >= 0.6 is 0 Å². The van der Waals surface area contributed by atoms with Gasteiger partial charge in [0.15, 0.2) is 0 Å². The lowest BCUT2D eigenvalue weighted by molar-refractivity contribution is -0.122. The summed E-state index contributed by atoms with van der Waals surface area (Å²) >= 11 is 0. The molecule has 0 aliphatic carbocycles. The highest BCUT2D eigenvalue weighted by molar-refractivity contribution is 5.76. The first-order valence-corrected chi connectivity index (χ1v) is 8.47. The van der Waals surface area contributed by atoms with Crippen LogP contribution in [0.5, 0.6) is 0 Å². The molecule has 0 radical (unpaired) electrons. The van der Waals surface area contributed by atoms with E-state index < -0.39 is 0 Å². The molecule has 2 saturated heterocycles. The maximum atomic E-state index is 11.9. The summed E-state index contributed by atoms with van der Waals surface area (Å²) in [6, 6.07) is 0. The van der Waals surface area contributed by atoms with Crippen molar-refractivity contribution in [2.24, 2.45) is 0 Å². The molecule has 22 heavy (non-hydrogen) atoms. The van der Waals surface area contributed by atoms with Crippen molar-refractivity contribution in [3.05, 3.63) is 0 Å². The zero-order chi connectivity index (χ0) is 15.9. The first-order chi connectivity index (χ1) is 10.5. The quantitative estimate of drug-likeness (QED) is 0.765. The Morgan fingerprint density at radius 3 is 2.64 bits per heavy atom. The number of nitrogens with one attached hydrogen (secondary N) is 1. The van der Waals surface area contributed by atoms with Gasteiger partial charge in [-0.2, -0.15) is 0 Å². The highest BCUT2D eigenvalue weighted by Gasteiger charge is 2.22. The Labute approximate surface area is 134 Å². The number of carbonyl (C=O) groups is 1. The van der Waals surface area contributed by atoms with Crippen molar-refractivity contribution >= 4 is 5.91 Å². The maximum Gasteiger partial charge on any atom is 0.221 e. The van der Waals surface area contributed by atoms with Gasteiger partial charge >= 0.3 is 0 Å². The third-order valence-electron chi connectivity index (χ3n) is 4.28. The Hall–Kier alpha value is -0.690. The van der Waals surface area contributed by atoms with E-state index in [9.17, 15) is 4.79 Å². The molecule has 6 nitrogen and oxygen atoms in total. The average molecular weight is 313 g/mol. The van der Waals surface area contributed by atoms with Crippen LogP contribution in [0.3, 0.4) is 0 Å². The van der Waals surface area contributed by atoms with Crippen LogP contribution in [-0.4, -0.2) is 86.9 Å². The fraction of sp³-hybridized carbons (Fsp3) is 0.938. The number of morpholine rings is 2. The van der Waals surface area contributed by atoms with Gasteiger partial charge in [0.25, 0.3) is 0 Å². The fourth-order valence-corrected chi connectivity index (χ4v) is 3.23. The highest BCUT2D eigenvalue weighted by atomic mass is 16.5. The van der Waals surface area contributed by atoms with E-state index in [4.69, 9.17) is 9.47 Å². The predicted octanol–water partition coefficient (Wildman–Crippen LogP) is 0.323. The monoisotopic (exact) mass is 313 g/mol. The smallest absolute Gasteiger partial charge is 0.221 e. The molecule has 1 N–H and O–H groups in total. The largest absolute Gasteiger partial charge is 0.375 e. The minimum Gasteiger partial charge on any atom is -0.375 e. The van der Waals surface area contributed by atoms with E-state index in [0.717, 1.165) is 45.8 Å². The zero-order valence-electron chi connectivity index (χ0n) is 14.2. The zero-order valence-corrected chi connectivity index (χ0v) is 14.2. The lowest BCUT2D eigenvalue weighted by atomic mass is 10.2. The predicted molar refractivity (Wildman–Crippen MR) is 85.9 cm³/mol. The van der Waals surface area contributed by atoms with Crippen molar-refractivity contribution in [1.82, 2.24) is 15.1 Å². The number of rotatable bonds is 6. The maximum absolute atomic E-state index is 11.9. The van der Waals surface area contributed by atoms with Crippen molar-refractivity contribution in [2.45, 2.75) is 45.0 Å². The lowest BCUT2D eigenvalue weighted by Gasteiger charge is -2.35. The van der Waals surface area contributed by atoms with E-state index in [-0.39, 0.29) is 24.2 Å². The SMILES string of the molecule is C[C@@H]1CN(CCC(=O)NCCC2CN(C)CCO2)C[C@H](C)O1. The topological polar surface area (TPSA) is 54.0 Å². The van der Waals surface area contributed by atoms with Crippen molar-refractivity contribution in [3.8, 4) is 0 Å². The van der Waals surface area contributed by atoms with Crippen LogP contribution in [0.4, 0.5) is 0 Å². The summed E-state index contributed by atoms with van der Waals surface area (Å²) in [6.45, 7) is 10.3. The molecule has 0 aromatic carbocycles. The van der Waals surface area contributed by atoms with Crippen LogP contribution in [0.15, 0.2) is 0 Å². The summed E-state index contributed by atoms with van der Waals surface area (Å²) in [5.41, 5.74) is 0. The molecular weight excluding hydrogens is 282 g/mol. The molecule has 2 aliphatic rings. The number of hydrogen-bond donors (Lipinski definition) is 1. The summed E-state index contributed by atoms with van der Waals surface area (Å²) in [6.07, 6.45) is 2.21. The molecular formula is C16H31N3O3. The standard InChI is InChI=1S/C16H31N3O3/c1-13-10-19(11-14(2)22-13)7-5-16(20)17-6-4-15-12-18(3)8-9-21-15/h13-15H,4-12H2,1-3H3,(H,17,20)/t13-,14+,15?. The molecule has 2 heterocycles. The van der Waals surface area contributed by atoms with Gasteiger partial charge in [0.1, 0.15) is 0 Å². The first-order valence-electron chi connectivity index (χ1n) is 8.47. The molecule has 0 saturated carbocycles. The van der Waals surface area contributed by atoms with E-state index in [1.54, 1.807) is 0 Å². The van der Waals surface area contributed by atoms with Crippen molar-refractivity contribution in [3.63, 3.8) is 0 Å². The minimum atomic E-state index is 0.135. The normalized spacial score (nSPS) is 31.1. The first kappa shape index (κ1) is 17.7. The summed E-state index contributed by atoms with van der Waals surface area (Å²) < 4.78 is 11.4. The van der Waals surface area contributed by atoms with Crippen molar-refractivity contribution in [2.75, 3.05) is 52.9 Å². The number of hydrogen-bond acceptors (Lipinski definition) is 5. The van der Waals surface area contributed by atoms with E-state index in [0.29, 0.717) is 13.0 Å².